The molecule has 2 heterocycles. The smallest absolute Gasteiger partial charge is 0.335 e. The van der Waals surface area contributed by atoms with E-state index in [0.717, 1.165) is 25.9 Å². The molecule has 4 rings (SSSR count). The van der Waals surface area contributed by atoms with Crippen LogP contribution in [0.2, 0.25) is 0 Å². The molecule has 0 bridgehead atoms. The van der Waals surface area contributed by atoms with Crippen molar-refractivity contribution in [1.29, 1.82) is 0 Å². The van der Waals surface area contributed by atoms with Crippen LogP contribution in [0.25, 0.3) is 10.9 Å². The maximum Gasteiger partial charge on any atom is 0.335 e. The lowest BCUT2D eigenvalue weighted by Gasteiger charge is -2.27. The molecule has 1 aliphatic rings. The van der Waals surface area contributed by atoms with Crippen LogP contribution >= 0.6 is 0 Å². The molecule has 2 amide bonds. The second-order valence-electron chi connectivity index (χ2n) is 8.98. The number of anilines is 2. The lowest BCUT2D eigenvalue weighted by atomic mass is 10.1. The zero-order chi connectivity index (χ0) is 26.4. The van der Waals surface area contributed by atoms with E-state index in [1.807, 2.05) is 0 Å². The Morgan fingerprint density at radius 3 is 2.35 bits per heavy atom. The molecule has 11 heteroatoms. The Balaban J connectivity index is 1.62. The number of fused-ring (bicyclic) bond motifs is 1. The number of nitrogens with zero attached hydrogens (tertiary/aromatic N) is 3. The van der Waals surface area contributed by atoms with Gasteiger partial charge in [-0.2, -0.15) is 0 Å². The third kappa shape index (κ3) is 6.25. The summed E-state index contributed by atoms with van der Waals surface area (Å²) in [5.74, 6) is -1.10. The van der Waals surface area contributed by atoms with Gasteiger partial charge in [0.25, 0.3) is 5.56 Å². The van der Waals surface area contributed by atoms with E-state index >= 15 is 0 Å². The molecule has 0 unspecified atom stereocenters. The molecule has 3 aromatic rings. The molecule has 3 N–H and O–H groups in total. The minimum absolute atomic E-state index is 0.0441. The number of piperidine rings is 1. The van der Waals surface area contributed by atoms with Gasteiger partial charge in [-0.25, -0.2) is 14.4 Å². The number of likely N-dealkylation sites (tertiary alicyclic amines) is 1. The van der Waals surface area contributed by atoms with Gasteiger partial charge in [0, 0.05) is 31.6 Å². The molecule has 37 heavy (non-hydrogen) atoms. The predicted molar refractivity (Wildman–Crippen MR) is 141 cm³/mol. The molecular formula is C26H31N5O6. The number of nitrogens with one attached hydrogen (secondary N) is 2. The first-order valence-corrected chi connectivity index (χ1v) is 12.3. The van der Waals surface area contributed by atoms with Gasteiger partial charge in [-0.05, 0) is 62.3 Å². The first-order valence-electron chi connectivity index (χ1n) is 12.3. The van der Waals surface area contributed by atoms with E-state index in [0.29, 0.717) is 35.4 Å². The van der Waals surface area contributed by atoms with Crippen molar-refractivity contribution in [2.75, 3.05) is 44.0 Å². The third-order valence-corrected chi connectivity index (χ3v) is 6.46. The Bertz CT molecular complexity index is 1410. The minimum atomic E-state index is -1.10. The number of aromatic nitrogens is 2. The summed E-state index contributed by atoms with van der Waals surface area (Å²) < 4.78 is 7.88. The number of amides is 2. The molecule has 1 fully saturated rings. The van der Waals surface area contributed by atoms with Crippen LogP contribution in [0.5, 0.6) is 0 Å². The van der Waals surface area contributed by atoms with Gasteiger partial charge in [0.05, 0.1) is 29.6 Å². The highest BCUT2D eigenvalue weighted by Gasteiger charge is 2.16. The van der Waals surface area contributed by atoms with Gasteiger partial charge in [-0.1, -0.05) is 12.5 Å². The highest BCUT2D eigenvalue weighted by atomic mass is 16.5. The quantitative estimate of drug-likeness (QED) is 0.404. The van der Waals surface area contributed by atoms with Crippen LogP contribution in [0.1, 0.15) is 29.6 Å². The van der Waals surface area contributed by atoms with E-state index in [1.54, 1.807) is 28.8 Å². The van der Waals surface area contributed by atoms with E-state index in [1.165, 1.54) is 36.3 Å². The van der Waals surface area contributed by atoms with Crippen molar-refractivity contribution in [2.24, 2.45) is 0 Å². The van der Waals surface area contributed by atoms with E-state index in [9.17, 15) is 19.2 Å². The average Bonchev–Trinajstić information content (AvgIpc) is 2.89. The molecule has 1 aromatic heterocycles. The van der Waals surface area contributed by atoms with Gasteiger partial charge in [0.1, 0.15) is 0 Å². The van der Waals surface area contributed by atoms with Gasteiger partial charge in [-0.15, -0.1) is 0 Å². The number of hydrogen-bond acceptors (Lipinski definition) is 6. The fourth-order valence-corrected chi connectivity index (χ4v) is 4.55. The summed E-state index contributed by atoms with van der Waals surface area (Å²) in [4.78, 5) is 52.6. The van der Waals surface area contributed by atoms with Crippen LogP contribution in [-0.2, 0) is 17.8 Å². The van der Waals surface area contributed by atoms with Crippen LogP contribution in [0.4, 0.5) is 16.2 Å². The second kappa shape index (κ2) is 11.8. The summed E-state index contributed by atoms with van der Waals surface area (Å²) in [6, 6.07) is 10.1. The lowest BCUT2D eigenvalue weighted by molar-refractivity contribution is 0.0697. The number of carboxylic acids is 1. The van der Waals surface area contributed by atoms with Crippen LogP contribution in [0, 0.1) is 0 Å². The summed E-state index contributed by atoms with van der Waals surface area (Å²) in [6.07, 6.45) is 3.50. The highest BCUT2D eigenvalue weighted by molar-refractivity contribution is 6.01. The summed E-state index contributed by atoms with van der Waals surface area (Å²) in [6.45, 7) is 3.46. The number of aromatic carboxylic acids is 1. The number of rotatable bonds is 9. The van der Waals surface area contributed by atoms with Crippen molar-refractivity contribution in [1.82, 2.24) is 14.0 Å². The van der Waals surface area contributed by atoms with Crippen molar-refractivity contribution < 1.29 is 19.4 Å². The molecular weight excluding hydrogens is 478 g/mol. The normalized spacial score (nSPS) is 14.0. The SMILES string of the molecule is COCCn1c(=O)c2cc(NC(=O)Nc3cccc(C(=O)O)c3)ccc2n(CCN2CCCCC2)c1=O. The standard InChI is InChI=1S/C26H31N5O6/c1-37-15-14-31-23(32)21-17-20(28-25(35)27-19-7-5-6-18(16-19)24(33)34)8-9-22(21)30(26(31)36)13-12-29-10-3-2-4-11-29/h5-9,16-17H,2-4,10-15H2,1H3,(H,33,34)(H2,27,28,35). The molecule has 0 spiro atoms. The zero-order valence-corrected chi connectivity index (χ0v) is 20.7. The van der Waals surface area contributed by atoms with E-state index in [2.05, 4.69) is 15.5 Å². The summed E-state index contributed by atoms with van der Waals surface area (Å²) in [7, 11) is 1.51. The van der Waals surface area contributed by atoms with E-state index in [-0.39, 0.29) is 24.4 Å². The Labute approximate surface area is 213 Å². The van der Waals surface area contributed by atoms with Gasteiger partial charge >= 0.3 is 17.7 Å². The van der Waals surface area contributed by atoms with E-state index in [4.69, 9.17) is 9.84 Å². The van der Waals surface area contributed by atoms with Crippen LogP contribution < -0.4 is 21.9 Å². The number of carbonyl (C=O) groups excluding carboxylic acids is 1. The fraction of sp³-hybridized carbons (Fsp3) is 0.385. The molecule has 0 radical (unpaired) electrons. The lowest BCUT2D eigenvalue weighted by Crippen LogP contribution is -2.43. The molecule has 0 aliphatic carbocycles. The molecule has 0 atom stereocenters. The fourth-order valence-electron chi connectivity index (χ4n) is 4.55. The van der Waals surface area contributed by atoms with Crippen LogP contribution in [0.15, 0.2) is 52.1 Å². The summed E-state index contributed by atoms with van der Waals surface area (Å²) >= 11 is 0. The molecule has 2 aromatic carbocycles. The van der Waals surface area contributed by atoms with Gasteiger partial charge in [0.2, 0.25) is 0 Å². The minimum Gasteiger partial charge on any atom is -0.478 e. The molecule has 0 saturated carbocycles. The van der Waals surface area contributed by atoms with Crippen molar-refractivity contribution in [3.63, 3.8) is 0 Å². The van der Waals surface area contributed by atoms with Gasteiger partial charge < -0.3 is 25.4 Å². The molecule has 11 nitrogen and oxygen atoms in total. The Hall–Kier alpha value is -3.96. The number of carboxylic acid groups (broad SMARTS) is 1. The Kier molecular flexibility index (Phi) is 8.36. The van der Waals surface area contributed by atoms with Gasteiger partial charge in [-0.3, -0.25) is 13.9 Å². The average molecular weight is 510 g/mol. The molecule has 196 valence electrons. The predicted octanol–water partition coefficient (Wildman–Crippen LogP) is 2.64. The van der Waals surface area contributed by atoms with Crippen LogP contribution in [0.3, 0.4) is 0 Å². The molecule has 1 aliphatic heterocycles. The number of carbonyl (C=O) groups is 2. The number of methoxy groups -OCH3 is 1. The van der Waals surface area contributed by atoms with E-state index < -0.39 is 17.6 Å². The van der Waals surface area contributed by atoms with Gasteiger partial charge in [0.15, 0.2) is 0 Å². The number of benzene rings is 2. The van der Waals surface area contributed by atoms with Crippen molar-refractivity contribution in [3.05, 3.63) is 68.9 Å². The monoisotopic (exact) mass is 509 g/mol. The van der Waals surface area contributed by atoms with Crippen LogP contribution in [-0.4, -0.2) is 64.5 Å². The maximum atomic E-state index is 13.3. The largest absolute Gasteiger partial charge is 0.478 e. The van der Waals surface area contributed by atoms with Crippen molar-refractivity contribution >= 4 is 34.3 Å². The third-order valence-electron chi connectivity index (χ3n) is 6.46. The first kappa shape index (κ1) is 26.1. The first-order chi connectivity index (χ1) is 17.9. The number of urea groups is 1. The molecule has 1 saturated heterocycles. The summed E-state index contributed by atoms with van der Waals surface area (Å²) in [5, 5.41) is 14.7. The maximum absolute atomic E-state index is 13.3. The second-order valence-corrected chi connectivity index (χ2v) is 8.98. The Morgan fingerprint density at radius 2 is 1.65 bits per heavy atom. The Morgan fingerprint density at radius 1 is 0.919 bits per heavy atom. The number of ether oxygens (including phenoxy) is 1. The van der Waals surface area contributed by atoms with Crippen molar-refractivity contribution in [2.45, 2.75) is 32.4 Å². The summed E-state index contributed by atoms with van der Waals surface area (Å²) in [5.41, 5.74) is 0.374. The highest BCUT2D eigenvalue weighted by Crippen LogP contribution is 2.17. The zero-order valence-electron chi connectivity index (χ0n) is 20.7. The van der Waals surface area contributed by atoms with Crippen molar-refractivity contribution in [3.8, 4) is 0 Å². The topological polar surface area (TPSA) is 135 Å². The number of hydrogen-bond donors (Lipinski definition) is 3.